The van der Waals surface area contributed by atoms with Gasteiger partial charge in [-0.15, -0.1) is 0 Å². The SMILES string of the molecule is COc1ccc(S(=O)(=O)N2C(=O)C(c3cc(CN4CCN(C)CC4)ccc3OC)(N3C[C@H](O)C[C@H]3c3ncco3)c3cc(Cl)ccc32)cc1. The predicted octanol–water partition coefficient (Wildman–Crippen LogP) is 3.88. The Balaban J connectivity index is 1.48. The number of methoxy groups -OCH3 is 2. The van der Waals surface area contributed by atoms with E-state index in [2.05, 4.69) is 21.8 Å². The fourth-order valence-electron chi connectivity index (χ4n) is 7.35. The first kappa shape index (κ1) is 33.5. The zero-order valence-corrected chi connectivity index (χ0v) is 29.0. The Morgan fingerprint density at radius 3 is 2.43 bits per heavy atom. The third kappa shape index (κ3) is 5.68. The molecule has 1 unspecified atom stereocenters. The summed E-state index contributed by atoms with van der Waals surface area (Å²) in [4.78, 5) is 26.3. The number of piperazine rings is 1. The van der Waals surface area contributed by atoms with Crippen LogP contribution >= 0.6 is 11.6 Å². The number of aromatic nitrogens is 1. The second kappa shape index (κ2) is 13.0. The van der Waals surface area contributed by atoms with E-state index in [9.17, 15) is 13.5 Å². The highest BCUT2D eigenvalue weighted by molar-refractivity contribution is 7.93. The van der Waals surface area contributed by atoms with Gasteiger partial charge >= 0.3 is 0 Å². The van der Waals surface area contributed by atoms with E-state index in [1.165, 1.54) is 50.9 Å². The first-order valence-corrected chi connectivity index (χ1v) is 17.9. The van der Waals surface area contributed by atoms with Crippen molar-refractivity contribution < 1.29 is 32.2 Å². The number of aliphatic hydroxyl groups is 1. The Morgan fingerprint density at radius 1 is 1.00 bits per heavy atom. The van der Waals surface area contributed by atoms with Crippen molar-refractivity contribution in [2.75, 3.05) is 58.3 Å². The zero-order valence-electron chi connectivity index (χ0n) is 27.5. The molecule has 3 aliphatic rings. The largest absolute Gasteiger partial charge is 0.497 e. The Hall–Kier alpha value is -3.98. The number of amides is 1. The maximum absolute atomic E-state index is 15.6. The molecule has 7 rings (SSSR count). The summed E-state index contributed by atoms with van der Waals surface area (Å²) in [6, 6.07) is 15.6. The van der Waals surface area contributed by atoms with Crippen molar-refractivity contribution in [3.05, 3.63) is 101 Å². The van der Waals surface area contributed by atoms with E-state index in [1.54, 1.807) is 23.1 Å². The molecule has 0 aliphatic carbocycles. The lowest BCUT2D eigenvalue weighted by Crippen LogP contribution is -2.55. The van der Waals surface area contributed by atoms with Gasteiger partial charge in [0.1, 0.15) is 17.8 Å². The van der Waals surface area contributed by atoms with Crippen molar-refractivity contribution in [2.45, 2.75) is 35.5 Å². The number of carbonyl (C=O) groups excluding carboxylic acids is 1. The number of halogens is 1. The molecule has 12 nitrogen and oxygen atoms in total. The molecule has 49 heavy (non-hydrogen) atoms. The van der Waals surface area contributed by atoms with Crippen LogP contribution in [0.5, 0.6) is 11.5 Å². The predicted molar refractivity (Wildman–Crippen MR) is 182 cm³/mol. The van der Waals surface area contributed by atoms with Gasteiger partial charge in [-0.25, -0.2) is 17.7 Å². The Morgan fingerprint density at radius 2 is 1.76 bits per heavy atom. The maximum atomic E-state index is 15.6. The fraction of sp³-hybridized carbons (Fsp3) is 0.371. The Bertz CT molecular complexity index is 1950. The fourth-order valence-corrected chi connectivity index (χ4v) is 8.98. The number of benzene rings is 3. The molecule has 3 atom stereocenters. The lowest BCUT2D eigenvalue weighted by atomic mass is 9.80. The molecule has 0 saturated carbocycles. The van der Waals surface area contributed by atoms with Crippen LogP contribution in [-0.2, 0) is 26.9 Å². The van der Waals surface area contributed by atoms with Crippen LogP contribution in [0.25, 0.3) is 0 Å². The number of ether oxygens (including phenoxy) is 2. The first-order chi connectivity index (χ1) is 23.6. The number of nitrogens with zero attached hydrogens (tertiary/aromatic N) is 5. The van der Waals surface area contributed by atoms with Crippen LogP contribution in [0.15, 0.2) is 82.4 Å². The van der Waals surface area contributed by atoms with Gasteiger partial charge in [-0.3, -0.25) is 14.6 Å². The molecule has 4 aromatic rings. The van der Waals surface area contributed by atoms with Gasteiger partial charge in [-0.05, 0) is 73.6 Å². The van der Waals surface area contributed by atoms with Crippen molar-refractivity contribution >= 4 is 33.2 Å². The van der Waals surface area contributed by atoms with Gasteiger partial charge in [0, 0.05) is 55.4 Å². The molecular weight excluding hydrogens is 670 g/mol. The zero-order chi connectivity index (χ0) is 34.5. The summed E-state index contributed by atoms with van der Waals surface area (Å²) in [7, 11) is 0.615. The molecule has 4 heterocycles. The number of β-amino-alcohol motifs (C(OH)–C–C–N with tert-alkyl or cyclic N) is 1. The second-order valence-corrected chi connectivity index (χ2v) is 14.9. The van der Waals surface area contributed by atoms with E-state index >= 15 is 4.79 Å². The lowest BCUT2D eigenvalue weighted by molar-refractivity contribution is -0.127. The van der Waals surface area contributed by atoms with Crippen LogP contribution in [-0.4, -0.2) is 99.2 Å². The van der Waals surface area contributed by atoms with Gasteiger partial charge in [0.25, 0.3) is 15.9 Å². The number of carbonyl (C=O) groups is 1. The van der Waals surface area contributed by atoms with Crippen molar-refractivity contribution in [3.63, 3.8) is 0 Å². The molecule has 0 spiro atoms. The van der Waals surface area contributed by atoms with Crippen LogP contribution in [0.1, 0.15) is 35.0 Å². The number of hydrogen-bond donors (Lipinski definition) is 1. The van der Waals surface area contributed by atoms with Crippen molar-refractivity contribution in [3.8, 4) is 11.5 Å². The van der Waals surface area contributed by atoms with Crippen LogP contribution in [0.3, 0.4) is 0 Å². The summed E-state index contributed by atoms with van der Waals surface area (Å²) in [6.45, 7) is 4.22. The van der Waals surface area contributed by atoms with Gasteiger partial charge in [-0.2, -0.15) is 0 Å². The summed E-state index contributed by atoms with van der Waals surface area (Å²) in [5.41, 5.74) is -0.0138. The monoisotopic (exact) mass is 707 g/mol. The number of anilines is 1. The molecule has 1 N–H and O–H groups in total. The van der Waals surface area contributed by atoms with Gasteiger partial charge in [0.05, 0.1) is 43.1 Å². The first-order valence-electron chi connectivity index (χ1n) is 16.0. The summed E-state index contributed by atoms with van der Waals surface area (Å²) in [6.07, 6.45) is 2.25. The Kier molecular flexibility index (Phi) is 8.92. The Labute approximate surface area is 290 Å². The van der Waals surface area contributed by atoms with Crippen molar-refractivity contribution in [2.24, 2.45) is 0 Å². The summed E-state index contributed by atoms with van der Waals surface area (Å²) < 4.78 is 47.0. The molecule has 2 saturated heterocycles. The molecule has 258 valence electrons. The molecule has 3 aromatic carbocycles. The number of sulfonamides is 1. The van der Waals surface area contributed by atoms with Crippen LogP contribution in [0.2, 0.25) is 5.02 Å². The van der Waals surface area contributed by atoms with E-state index in [0.29, 0.717) is 34.2 Å². The quantitative estimate of drug-likeness (QED) is 0.272. The second-order valence-electron chi connectivity index (χ2n) is 12.7. The van der Waals surface area contributed by atoms with E-state index in [-0.39, 0.29) is 29.4 Å². The highest BCUT2D eigenvalue weighted by Gasteiger charge is 2.63. The maximum Gasteiger partial charge on any atom is 0.271 e. The van der Waals surface area contributed by atoms with E-state index in [1.807, 2.05) is 18.2 Å². The normalized spacial score (nSPS) is 23.6. The summed E-state index contributed by atoms with van der Waals surface area (Å²) >= 11 is 6.68. The van der Waals surface area contributed by atoms with E-state index in [0.717, 1.165) is 36.0 Å². The number of likely N-dealkylation sites (tertiary alicyclic amines) is 1. The number of hydrogen-bond acceptors (Lipinski definition) is 11. The van der Waals surface area contributed by atoms with Gasteiger partial charge < -0.3 is 23.9 Å². The van der Waals surface area contributed by atoms with Crippen LogP contribution < -0.4 is 13.8 Å². The average Bonchev–Trinajstić information content (AvgIpc) is 3.83. The number of likely N-dealkylation sites (N-methyl/N-ethyl adjacent to an activating group) is 1. The minimum absolute atomic E-state index is 0.00695. The molecule has 3 aliphatic heterocycles. The van der Waals surface area contributed by atoms with Crippen LogP contribution in [0.4, 0.5) is 5.69 Å². The molecule has 1 amide bonds. The number of rotatable bonds is 9. The van der Waals surface area contributed by atoms with Gasteiger partial charge in [0.15, 0.2) is 5.54 Å². The molecule has 14 heteroatoms. The number of fused-ring (bicyclic) bond motifs is 1. The molecule has 2 fully saturated rings. The third-order valence-electron chi connectivity index (χ3n) is 9.76. The highest BCUT2D eigenvalue weighted by Crippen LogP contribution is 2.57. The van der Waals surface area contributed by atoms with Gasteiger partial charge in [-0.1, -0.05) is 17.7 Å². The topological polar surface area (TPSA) is 129 Å². The number of aliphatic hydroxyl groups excluding tert-OH is 1. The average molecular weight is 708 g/mol. The summed E-state index contributed by atoms with van der Waals surface area (Å²) in [5, 5.41) is 11.5. The van der Waals surface area contributed by atoms with Gasteiger partial charge in [0.2, 0.25) is 5.89 Å². The minimum atomic E-state index is -4.49. The molecule has 0 bridgehead atoms. The third-order valence-corrected chi connectivity index (χ3v) is 11.7. The lowest BCUT2D eigenvalue weighted by Gasteiger charge is -2.41. The van der Waals surface area contributed by atoms with E-state index < -0.39 is 33.6 Å². The minimum Gasteiger partial charge on any atom is -0.497 e. The standard InChI is InChI=1S/C35H38ClN5O7S/c1-38-13-15-39(16-14-38)21-23-4-11-32(47-3)29(18-23)35(40-22-25(42)20-31(40)33-37-12-17-48-33)28-19-24(36)5-10-30(28)41(34(35)43)49(44,45)27-8-6-26(46-2)7-9-27/h4-12,17-19,25,31,42H,13-16,20-22H2,1-3H3/t25-,31+,35?/m1/s1. The molecular formula is C35H38ClN5O7S. The smallest absolute Gasteiger partial charge is 0.271 e. The number of oxazole rings is 1. The van der Waals surface area contributed by atoms with Crippen molar-refractivity contribution in [1.29, 1.82) is 0 Å². The highest BCUT2D eigenvalue weighted by atomic mass is 35.5. The molecule has 1 aromatic heterocycles. The van der Waals surface area contributed by atoms with Crippen molar-refractivity contribution in [1.82, 2.24) is 19.7 Å². The molecule has 0 radical (unpaired) electrons. The summed E-state index contributed by atoms with van der Waals surface area (Å²) in [5.74, 6) is 0.366. The van der Waals surface area contributed by atoms with Crippen LogP contribution in [0, 0.1) is 0 Å². The van der Waals surface area contributed by atoms with E-state index in [4.69, 9.17) is 25.5 Å².